The van der Waals surface area contributed by atoms with E-state index < -0.39 is 0 Å². The molecule has 4 rings (SSSR count). The Hall–Kier alpha value is -2.57. The molecular weight excluding hydrogens is 355 g/mol. The van der Waals surface area contributed by atoms with Gasteiger partial charge in [-0.15, -0.1) is 0 Å². The maximum atomic E-state index is 13.5. The minimum absolute atomic E-state index is 0. The van der Waals surface area contributed by atoms with Gasteiger partial charge in [-0.2, -0.15) is 5.10 Å². The maximum Gasteiger partial charge on any atom is 0.435 e. The van der Waals surface area contributed by atoms with E-state index in [2.05, 4.69) is 40.7 Å². The van der Waals surface area contributed by atoms with E-state index >= 15 is 0 Å². The van der Waals surface area contributed by atoms with Crippen LogP contribution in [0.5, 0.6) is 0 Å². The van der Waals surface area contributed by atoms with Crippen molar-refractivity contribution in [3.05, 3.63) is 59.7 Å². The number of aromatic nitrogens is 3. The van der Waals surface area contributed by atoms with Crippen molar-refractivity contribution in [1.82, 2.24) is 14.8 Å². The van der Waals surface area contributed by atoms with Crippen LogP contribution in [0.4, 0.5) is 4.39 Å². The Morgan fingerprint density at radius 3 is 2.68 bits per heavy atom. The Kier molecular flexibility index (Phi) is 5.91. The van der Waals surface area contributed by atoms with Crippen molar-refractivity contribution in [2.75, 3.05) is 6.61 Å². The third-order valence-corrected chi connectivity index (χ3v) is 4.89. The van der Waals surface area contributed by atoms with Crippen LogP contribution in [0.3, 0.4) is 0 Å². The molecule has 2 aromatic heterocycles. The average Bonchev–Trinajstić information content (AvgIpc) is 3.23. The molecule has 4 aromatic rings. The van der Waals surface area contributed by atoms with Crippen LogP contribution in [-0.2, 0) is 11.1 Å². The van der Waals surface area contributed by atoms with Gasteiger partial charge in [-0.1, -0.05) is 13.8 Å². The van der Waals surface area contributed by atoms with Crippen LogP contribution in [0, 0.1) is 5.82 Å². The number of aromatic amines is 1. The number of nitrogens with one attached hydrogen (secondary N) is 1. The van der Waals surface area contributed by atoms with Gasteiger partial charge in [0.15, 0.2) is 0 Å². The highest BCUT2D eigenvalue weighted by atomic mass is 19.1. The molecule has 0 radical (unpaired) electrons. The zero-order chi connectivity index (χ0) is 19.0. The number of halogens is 1. The summed E-state index contributed by atoms with van der Waals surface area (Å²) in [4.78, 5) is 0. The van der Waals surface area contributed by atoms with Crippen molar-refractivity contribution in [3.8, 4) is 5.69 Å². The van der Waals surface area contributed by atoms with Crippen molar-refractivity contribution in [2.45, 2.75) is 26.2 Å². The molecule has 0 spiro atoms. The fourth-order valence-corrected chi connectivity index (χ4v) is 3.79. The van der Waals surface area contributed by atoms with E-state index in [1.165, 1.54) is 23.4 Å². The lowest BCUT2D eigenvalue weighted by Gasteiger charge is -2.15. The minimum atomic E-state index is -0.293. The van der Waals surface area contributed by atoms with Crippen molar-refractivity contribution >= 4 is 37.9 Å². The average molecular weight is 379 g/mol. The minimum Gasteiger partial charge on any atom is -0.430 e. The summed E-state index contributed by atoms with van der Waals surface area (Å²) in [5.74, 6) is -0.00171. The molecule has 28 heavy (non-hydrogen) atoms. The third-order valence-electron chi connectivity index (χ3n) is 4.89. The maximum absolute atomic E-state index is 13.5. The van der Waals surface area contributed by atoms with Gasteiger partial charge in [0, 0.05) is 28.8 Å². The Balaban J connectivity index is 0.00000225. The summed E-state index contributed by atoms with van der Waals surface area (Å²) < 4.78 is 20.9. The molecule has 2 aromatic carbocycles. The van der Waals surface area contributed by atoms with Crippen LogP contribution in [0.25, 0.3) is 27.5 Å². The predicted molar refractivity (Wildman–Crippen MR) is 116 cm³/mol. The fourth-order valence-electron chi connectivity index (χ4n) is 3.79. The highest BCUT2D eigenvalue weighted by molar-refractivity contribution is 6.15. The number of hydrogen-bond donors (Lipinski definition) is 2. The molecule has 0 aliphatic carbocycles. The van der Waals surface area contributed by atoms with Gasteiger partial charge in [0.1, 0.15) is 5.82 Å². The number of H-pyrrole nitrogens is 1. The van der Waals surface area contributed by atoms with Gasteiger partial charge in [0.25, 0.3) is 0 Å². The van der Waals surface area contributed by atoms with Crippen LogP contribution in [-0.4, -0.2) is 42.5 Å². The summed E-state index contributed by atoms with van der Waals surface area (Å²) in [5.41, 5.74) is 5.28. The smallest absolute Gasteiger partial charge is 0.430 e. The number of nitrogens with zero attached hydrogens (tertiary/aromatic N) is 2. The zero-order valence-corrected chi connectivity index (χ0v) is 15.4. The fraction of sp³-hybridized carbons (Fsp3) is 0.250. The van der Waals surface area contributed by atoms with Crippen LogP contribution in [0.1, 0.15) is 31.0 Å². The van der Waals surface area contributed by atoms with Gasteiger partial charge in [-0.3, -0.25) is 5.10 Å². The van der Waals surface area contributed by atoms with Crippen LogP contribution < -0.4 is 0 Å². The van der Waals surface area contributed by atoms with Crippen molar-refractivity contribution in [2.24, 2.45) is 0 Å². The summed E-state index contributed by atoms with van der Waals surface area (Å²) in [7, 11) is -0.293. The number of hydrogen-bond acceptors (Lipinski definition) is 3. The summed E-state index contributed by atoms with van der Waals surface area (Å²) in [6.07, 6.45) is 2.48. The van der Waals surface area contributed by atoms with E-state index in [0.29, 0.717) is 13.0 Å². The first kappa shape index (κ1) is 20.2. The van der Waals surface area contributed by atoms with E-state index in [9.17, 15) is 4.39 Å². The first-order valence-corrected chi connectivity index (χ1v) is 9.05. The SMILES string of the molecule is B.CC(C)c1c(CCOBO)c2cc3[nH]ncc3cc2n1-c1ccc(F)cc1. The van der Waals surface area contributed by atoms with Crippen molar-refractivity contribution in [3.63, 3.8) is 0 Å². The Bertz CT molecular complexity index is 1090. The highest BCUT2D eigenvalue weighted by Gasteiger charge is 2.21. The van der Waals surface area contributed by atoms with E-state index in [4.69, 9.17) is 9.68 Å². The summed E-state index contributed by atoms with van der Waals surface area (Å²) in [5, 5.41) is 18.3. The van der Waals surface area contributed by atoms with Gasteiger partial charge in [0.2, 0.25) is 0 Å². The second-order valence-electron chi connectivity index (χ2n) is 6.94. The van der Waals surface area contributed by atoms with Crippen molar-refractivity contribution < 1.29 is 14.1 Å². The molecule has 0 amide bonds. The molecule has 0 aliphatic rings. The first-order chi connectivity index (χ1) is 13.1. The molecule has 0 unspecified atom stereocenters. The lowest BCUT2D eigenvalue weighted by molar-refractivity contribution is 0.288. The predicted octanol–water partition coefficient (Wildman–Crippen LogP) is 2.40. The Morgan fingerprint density at radius 2 is 2.00 bits per heavy atom. The van der Waals surface area contributed by atoms with E-state index in [0.717, 1.165) is 27.5 Å². The summed E-state index contributed by atoms with van der Waals surface area (Å²) in [6.45, 7) is 4.73. The molecule has 0 fully saturated rings. The van der Waals surface area contributed by atoms with Crippen molar-refractivity contribution in [1.29, 1.82) is 0 Å². The largest absolute Gasteiger partial charge is 0.435 e. The second-order valence-corrected chi connectivity index (χ2v) is 6.94. The summed E-state index contributed by atoms with van der Waals surface area (Å²) >= 11 is 0. The van der Waals surface area contributed by atoms with Gasteiger partial charge in [-0.25, -0.2) is 4.39 Å². The standard InChI is InChI=1S/C20H21BFN3O2.BH3/c1-12(2)20-16(7-8-27-21-26)17-10-18-13(11-23-24-18)9-19(17)25(20)15-5-3-14(22)4-6-15;/h3-6,9-12,21,26H,7-8H2,1-2H3,(H,23,24);1H3. The van der Waals surface area contributed by atoms with Gasteiger partial charge >= 0.3 is 7.69 Å². The lowest BCUT2D eigenvalue weighted by atomic mass is 10.0. The topological polar surface area (TPSA) is 63.1 Å². The highest BCUT2D eigenvalue weighted by Crippen LogP contribution is 2.36. The van der Waals surface area contributed by atoms with Crippen LogP contribution >= 0.6 is 0 Å². The van der Waals surface area contributed by atoms with Crippen LogP contribution in [0.2, 0.25) is 0 Å². The monoisotopic (exact) mass is 379 g/mol. The molecule has 144 valence electrons. The lowest BCUT2D eigenvalue weighted by Crippen LogP contribution is -2.07. The van der Waals surface area contributed by atoms with Crippen LogP contribution in [0.15, 0.2) is 42.6 Å². The van der Waals surface area contributed by atoms with Gasteiger partial charge < -0.3 is 14.2 Å². The molecule has 0 saturated heterocycles. The summed E-state index contributed by atoms with van der Waals surface area (Å²) in [6, 6.07) is 10.8. The molecule has 0 aliphatic heterocycles. The molecule has 0 bridgehead atoms. The van der Waals surface area contributed by atoms with E-state index in [1.807, 2.05) is 0 Å². The second kappa shape index (κ2) is 8.20. The van der Waals surface area contributed by atoms with E-state index in [1.54, 1.807) is 18.3 Å². The molecule has 5 nitrogen and oxygen atoms in total. The number of fused-ring (bicyclic) bond motifs is 2. The quantitative estimate of drug-likeness (QED) is 0.400. The molecule has 0 saturated carbocycles. The van der Waals surface area contributed by atoms with Gasteiger partial charge in [0.05, 0.1) is 25.6 Å². The third kappa shape index (κ3) is 3.45. The Morgan fingerprint density at radius 1 is 1.25 bits per heavy atom. The number of benzene rings is 2. The molecule has 2 heterocycles. The molecule has 0 atom stereocenters. The first-order valence-electron chi connectivity index (χ1n) is 9.05. The van der Waals surface area contributed by atoms with Gasteiger partial charge in [-0.05, 0) is 54.3 Å². The normalized spacial score (nSPS) is 11.3. The number of rotatable bonds is 6. The molecular formula is C20H24B2FN3O2. The Labute approximate surface area is 165 Å². The molecule has 2 N–H and O–H groups in total. The molecule has 8 heteroatoms. The zero-order valence-electron chi connectivity index (χ0n) is 15.4. The van der Waals surface area contributed by atoms with E-state index in [-0.39, 0.29) is 27.8 Å².